The van der Waals surface area contributed by atoms with Crippen LogP contribution in [0.15, 0.2) is 12.1 Å². The first-order valence-electron chi connectivity index (χ1n) is 9.60. The van der Waals surface area contributed by atoms with Gasteiger partial charge in [-0.25, -0.2) is 0 Å². The van der Waals surface area contributed by atoms with E-state index in [0.29, 0.717) is 17.6 Å². The number of hydrogen-bond donors (Lipinski definition) is 2. The van der Waals surface area contributed by atoms with Gasteiger partial charge in [0.05, 0.1) is 5.60 Å². The topological polar surface area (TPSA) is 49.7 Å². The molecule has 3 rings (SSSR count). The zero-order valence-corrected chi connectivity index (χ0v) is 15.5. The lowest BCUT2D eigenvalue weighted by molar-refractivity contribution is -0.0918. The molecule has 24 heavy (non-hydrogen) atoms. The molecular formula is C21H32O3. The smallest absolute Gasteiger partial charge is 0.134 e. The standard InChI is InChI=1S/C21H32O3/c1-5-6-7-8-14-11-16(22)19-17(12-14)24-20-18(19)15(13(2)3)9-10-21(20,4)23/h11-13,15,18,20,22-23H,5-10H2,1-4H3/t15-,18+,20?,21?/m0/s1. The Morgan fingerprint density at radius 3 is 2.71 bits per heavy atom. The Bertz CT molecular complexity index is 591. The number of ether oxygens (including phenoxy) is 1. The fourth-order valence-electron chi connectivity index (χ4n) is 4.67. The van der Waals surface area contributed by atoms with Gasteiger partial charge in [0.1, 0.15) is 17.6 Å². The van der Waals surface area contributed by atoms with Crippen LogP contribution in [0.2, 0.25) is 0 Å². The number of aliphatic hydroxyl groups is 1. The van der Waals surface area contributed by atoms with Crippen LogP contribution in [0.5, 0.6) is 11.5 Å². The summed E-state index contributed by atoms with van der Waals surface area (Å²) >= 11 is 0. The highest BCUT2D eigenvalue weighted by Crippen LogP contribution is 2.56. The maximum absolute atomic E-state index is 10.8. The molecule has 0 radical (unpaired) electrons. The number of hydrogen-bond acceptors (Lipinski definition) is 3. The van der Waals surface area contributed by atoms with Crippen molar-refractivity contribution in [1.29, 1.82) is 0 Å². The maximum Gasteiger partial charge on any atom is 0.134 e. The Morgan fingerprint density at radius 2 is 2.04 bits per heavy atom. The molecule has 1 aliphatic heterocycles. The third-order valence-electron chi connectivity index (χ3n) is 6.08. The highest BCUT2D eigenvalue weighted by Gasteiger charge is 2.53. The molecule has 0 saturated heterocycles. The van der Waals surface area contributed by atoms with Crippen molar-refractivity contribution in [2.45, 2.75) is 83.8 Å². The molecule has 0 bridgehead atoms. The predicted molar refractivity (Wildman–Crippen MR) is 96.7 cm³/mol. The molecule has 0 amide bonds. The second-order valence-corrected chi connectivity index (χ2v) is 8.35. The zero-order valence-electron chi connectivity index (χ0n) is 15.5. The number of aryl methyl sites for hydroxylation is 1. The Morgan fingerprint density at radius 1 is 1.29 bits per heavy atom. The van der Waals surface area contributed by atoms with Gasteiger partial charge in [-0.05, 0) is 62.1 Å². The van der Waals surface area contributed by atoms with Gasteiger partial charge in [-0.15, -0.1) is 0 Å². The molecule has 1 heterocycles. The fraction of sp³-hybridized carbons (Fsp3) is 0.714. The third kappa shape index (κ3) is 3.03. The summed E-state index contributed by atoms with van der Waals surface area (Å²) in [5, 5.41) is 21.6. The third-order valence-corrected chi connectivity index (χ3v) is 6.08. The van der Waals surface area contributed by atoms with Crippen LogP contribution in [0.1, 0.15) is 76.8 Å². The number of benzene rings is 1. The molecule has 1 saturated carbocycles. The monoisotopic (exact) mass is 332 g/mol. The lowest BCUT2D eigenvalue weighted by Crippen LogP contribution is -2.50. The summed E-state index contributed by atoms with van der Waals surface area (Å²) in [5.74, 6) is 2.19. The Kier molecular flexibility index (Phi) is 4.83. The number of rotatable bonds is 5. The summed E-state index contributed by atoms with van der Waals surface area (Å²) in [6, 6.07) is 4.01. The molecule has 4 atom stereocenters. The number of aromatic hydroxyl groups is 1. The van der Waals surface area contributed by atoms with E-state index in [9.17, 15) is 10.2 Å². The van der Waals surface area contributed by atoms with Crippen LogP contribution in [0.4, 0.5) is 0 Å². The van der Waals surface area contributed by atoms with Crippen LogP contribution in [0.25, 0.3) is 0 Å². The summed E-state index contributed by atoms with van der Waals surface area (Å²) in [7, 11) is 0. The van der Waals surface area contributed by atoms with E-state index >= 15 is 0 Å². The van der Waals surface area contributed by atoms with Gasteiger partial charge in [-0.3, -0.25) is 0 Å². The summed E-state index contributed by atoms with van der Waals surface area (Å²) in [5.41, 5.74) is 1.24. The molecule has 0 aromatic heterocycles. The second kappa shape index (κ2) is 6.59. The van der Waals surface area contributed by atoms with Crippen LogP contribution >= 0.6 is 0 Å². The average Bonchev–Trinajstić information content (AvgIpc) is 2.88. The average molecular weight is 332 g/mol. The minimum absolute atomic E-state index is 0.0911. The van der Waals surface area contributed by atoms with E-state index in [0.717, 1.165) is 42.6 Å². The Hall–Kier alpha value is -1.22. The number of phenolic OH excluding ortho intramolecular Hbond substituents is 1. The highest BCUT2D eigenvalue weighted by molar-refractivity contribution is 5.54. The molecule has 134 valence electrons. The van der Waals surface area contributed by atoms with Crippen molar-refractivity contribution in [1.82, 2.24) is 0 Å². The van der Waals surface area contributed by atoms with Crippen molar-refractivity contribution in [2.24, 2.45) is 11.8 Å². The van der Waals surface area contributed by atoms with Crippen molar-refractivity contribution < 1.29 is 14.9 Å². The van der Waals surface area contributed by atoms with Crippen LogP contribution in [-0.2, 0) is 6.42 Å². The SMILES string of the molecule is CCCCCc1cc(O)c2c(c1)OC1[C@@H]2[C@H](C(C)C)CCC1(C)O. The van der Waals surface area contributed by atoms with Crippen LogP contribution in [0.3, 0.4) is 0 Å². The van der Waals surface area contributed by atoms with Crippen molar-refractivity contribution >= 4 is 0 Å². The Balaban J connectivity index is 1.95. The fourth-order valence-corrected chi connectivity index (χ4v) is 4.67. The Labute approximate surface area is 146 Å². The summed E-state index contributed by atoms with van der Waals surface area (Å²) < 4.78 is 6.22. The quantitative estimate of drug-likeness (QED) is 0.762. The van der Waals surface area contributed by atoms with Crippen LogP contribution < -0.4 is 4.74 Å². The van der Waals surface area contributed by atoms with E-state index in [-0.39, 0.29) is 12.0 Å². The molecule has 2 N–H and O–H groups in total. The van der Waals surface area contributed by atoms with Crippen LogP contribution in [-0.4, -0.2) is 21.9 Å². The molecule has 1 aromatic rings. The number of fused-ring (bicyclic) bond motifs is 3. The first kappa shape index (κ1) is 17.6. The van der Waals surface area contributed by atoms with E-state index in [2.05, 4.69) is 26.8 Å². The molecule has 3 heteroatoms. The highest BCUT2D eigenvalue weighted by atomic mass is 16.5. The van der Waals surface area contributed by atoms with Gasteiger partial charge in [-0.1, -0.05) is 33.6 Å². The van der Waals surface area contributed by atoms with E-state index in [1.807, 2.05) is 13.0 Å². The molecular weight excluding hydrogens is 300 g/mol. The van der Waals surface area contributed by atoms with E-state index in [1.54, 1.807) is 0 Å². The minimum Gasteiger partial charge on any atom is -0.508 e. The minimum atomic E-state index is -0.829. The first-order valence-corrected chi connectivity index (χ1v) is 9.60. The summed E-state index contributed by atoms with van der Waals surface area (Å²) in [6.45, 7) is 8.54. The van der Waals surface area contributed by atoms with Gasteiger partial charge in [0.2, 0.25) is 0 Å². The van der Waals surface area contributed by atoms with Crippen molar-refractivity contribution in [2.75, 3.05) is 0 Å². The van der Waals surface area contributed by atoms with Gasteiger partial charge >= 0.3 is 0 Å². The molecule has 3 nitrogen and oxygen atoms in total. The molecule has 1 aromatic carbocycles. The van der Waals surface area contributed by atoms with Gasteiger partial charge < -0.3 is 14.9 Å². The normalized spacial score (nSPS) is 31.7. The number of phenols is 1. The zero-order chi connectivity index (χ0) is 17.5. The summed E-state index contributed by atoms with van der Waals surface area (Å²) in [4.78, 5) is 0. The molecule has 2 unspecified atom stereocenters. The largest absolute Gasteiger partial charge is 0.508 e. The second-order valence-electron chi connectivity index (χ2n) is 8.35. The van der Waals surface area contributed by atoms with Crippen molar-refractivity contribution in [3.8, 4) is 11.5 Å². The van der Waals surface area contributed by atoms with Gasteiger partial charge in [0, 0.05) is 11.5 Å². The van der Waals surface area contributed by atoms with E-state index < -0.39 is 5.60 Å². The lowest BCUT2D eigenvalue weighted by atomic mass is 9.65. The van der Waals surface area contributed by atoms with Crippen molar-refractivity contribution in [3.63, 3.8) is 0 Å². The van der Waals surface area contributed by atoms with Gasteiger partial charge in [0.25, 0.3) is 0 Å². The lowest BCUT2D eigenvalue weighted by Gasteiger charge is -2.43. The maximum atomic E-state index is 10.8. The van der Waals surface area contributed by atoms with Gasteiger partial charge in [-0.2, -0.15) is 0 Å². The van der Waals surface area contributed by atoms with E-state index in [1.165, 1.54) is 12.8 Å². The predicted octanol–water partition coefficient (Wildman–Crippen LogP) is 4.79. The number of unbranched alkanes of at least 4 members (excludes halogenated alkanes) is 2. The molecule has 1 aliphatic carbocycles. The van der Waals surface area contributed by atoms with Gasteiger partial charge in [0.15, 0.2) is 0 Å². The van der Waals surface area contributed by atoms with Crippen molar-refractivity contribution in [3.05, 3.63) is 23.3 Å². The molecule has 0 spiro atoms. The first-order chi connectivity index (χ1) is 11.3. The van der Waals surface area contributed by atoms with Crippen LogP contribution in [0, 0.1) is 11.8 Å². The molecule has 1 fully saturated rings. The summed E-state index contributed by atoms with van der Waals surface area (Å²) in [6.07, 6.45) is 5.99. The van der Waals surface area contributed by atoms with E-state index in [4.69, 9.17) is 4.74 Å². The molecule has 2 aliphatic rings.